The Bertz CT molecular complexity index is 849. The average Bonchev–Trinajstić information content (AvgIpc) is 2.93. The summed E-state index contributed by atoms with van der Waals surface area (Å²) in [5.74, 6) is -0.296. The third kappa shape index (κ3) is 4.64. The van der Waals surface area contributed by atoms with E-state index >= 15 is 0 Å². The Kier molecular flexibility index (Phi) is 6.63. The Hall–Kier alpha value is -2.34. The Labute approximate surface area is 173 Å². The minimum atomic E-state index is -0.246. The van der Waals surface area contributed by atoms with E-state index in [0.29, 0.717) is 12.2 Å². The van der Waals surface area contributed by atoms with E-state index < -0.39 is 0 Å². The van der Waals surface area contributed by atoms with Crippen LogP contribution in [0.5, 0.6) is 0 Å². The lowest BCUT2D eigenvalue weighted by molar-refractivity contribution is -0.898. The van der Waals surface area contributed by atoms with Crippen LogP contribution in [0.1, 0.15) is 48.1 Å². The zero-order valence-corrected chi connectivity index (χ0v) is 18.3. The van der Waals surface area contributed by atoms with Crippen molar-refractivity contribution in [2.45, 2.75) is 47.2 Å². The van der Waals surface area contributed by atoms with Crippen LogP contribution in [0, 0.1) is 19.7 Å². The quantitative estimate of drug-likeness (QED) is 0.779. The standard InChI is InChI=1S/C23H33FN4O/c1-6-26-11-13-27(14-12-26)21-17(4)22(23(29)25-16(2)3)28(18(21)5)15-19-7-9-20(24)10-8-19/h7-10,16H,6,11-15H2,1-5H3,(H,25,29)/p+1. The molecule has 0 aliphatic carbocycles. The smallest absolute Gasteiger partial charge is 0.268 e. The van der Waals surface area contributed by atoms with Gasteiger partial charge in [0.15, 0.2) is 0 Å². The Morgan fingerprint density at radius 1 is 1.17 bits per heavy atom. The summed E-state index contributed by atoms with van der Waals surface area (Å²) in [6, 6.07) is 6.59. The molecule has 29 heavy (non-hydrogen) atoms. The van der Waals surface area contributed by atoms with Gasteiger partial charge in [-0.2, -0.15) is 0 Å². The fourth-order valence-corrected chi connectivity index (χ4v) is 4.34. The second-order valence-electron chi connectivity index (χ2n) is 8.34. The van der Waals surface area contributed by atoms with E-state index in [4.69, 9.17) is 0 Å². The maximum Gasteiger partial charge on any atom is 0.268 e. The SMILES string of the molecule is CC[NH+]1CCN(c2c(C)c(C(=O)NC(C)C)n(Cc3ccc(F)cc3)c2C)CC1. The van der Waals surface area contributed by atoms with Crippen LogP contribution >= 0.6 is 0 Å². The van der Waals surface area contributed by atoms with Gasteiger partial charge < -0.3 is 19.7 Å². The van der Waals surface area contributed by atoms with Crippen LogP contribution in [0.4, 0.5) is 10.1 Å². The van der Waals surface area contributed by atoms with E-state index in [9.17, 15) is 9.18 Å². The normalized spacial score (nSPS) is 15.2. The molecule has 0 spiro atoms. The molecule has 1 amide bonds. The van der Waals surface area contributed by atoms with Gasteiger partial charge >= 0.3 is 0 Å². The lowest BCUT2D eigenvalue weighted by Crippen LogP contribution is -3.14. The number of halogens is 1. The molecule has 0 unspecified atom stereocenters. The highest BCUT2D eigenvalue weighted by atomic mass is 19.1. The molecule has 158 valence electrons. The average molecular weight is 402 g/mol. The minimum absolute atomic E-state index is 0.0493. The summed E-state index contributed by atoms with van der Waals surface area (Å²) in [5, 5.41) is 3.05. The highest BCUT2D eigenvalue weighted by molar-refractivity contribution is 5.96. The van der Waals surface area contributed by atoms with Crippen LogP contribution in [0.25, 0.3) is 0 Å². The number of quaternary nitrogens is 1. The number of nitrogens with one attached hydrogen (secondary N) is 2. The Morgan fingerprint density at radius 2 is 1.79 bits per heavy atom. The van der Waals surface area contributed by atoms with Gasteiger partial charge in [0.05, 0.1) is 38.4 Å². The molecule has 1 aliphatic rings. The molecule has 6 heteroatoms. The first kappa shape index (κ1) is 21.4. The number of carbonyl (C=O) groups is 1. The number of nitrogens with zero attached hydrogens (tertiary/aromatic N) is 2. The lowest BCUT2D eigenvalue weighted by Gasteiger charge is -2.33. The van der Waals surface area contributed by atoms with Crippen molar-refractivity contribution in [1.82, 2.24) is 9.88 Å². The topological polar surface area (TPSA) is 41.7 Å². The van der Waals surface area contributed by atoms with E-state index in [1.165, 1.54) is 17.8 Å². The third-order valence-electron chi connectivity index (χ3n) is 5.90. The van der Waals surface area contributed by atoms with E-state index in [1.54, 1.807) is 17.0 Å². The van der Waals surface area contributed by atoms with Gasteiger partial charge in [0.25, 0.3) is 5.91 Å². The van der Waals surface area contributed by atoms with Crippen molar-refractivity contribution >= 4 is 11.6 Å². The van der Waals surface area contributed by atoms with Gasteiger partial charge in [-0.1, -0.05) is 12.1 Å². The summed E-state index contributed by atoms with van der Waals surface area (Å²) in [6.45, 7) is 16.3. The maximum absolute atomic E-state index is 13.3. The zero-order chi connectivity index (χ0) is 21.1. The van der Waals surface area contributed by atoms with Crippen LogP contribution in [0.2, 0.25) is 0 Å². The van der Waals surface area contributed by atoms with Gasteiger partial charge in [-0.3, -0.25) is 4.79 Å². The summed E-state index contributed by atoms with van der Waals surface area (Å²) in [7, 11) is 0. The summed E-state index contributed by atoms with van der Waals surface area (Å²) >= 11 is 0. The highest BCUT2D eigenvalue weighted by Crippen LogP contribution is 2.32. The van der Waals surface area contributed by atoms with Crippen LogP contribution in [0.3, 0.4) is 0 Å². The number of hydrogen-bond acceptors (Lipinski definition) is 2. The molecule has 1 aliphatic heterocycles. The number of hydrogen-bond donors (Lipinski definition) is 2. The van der Waals surface area contributed by atoms with Crippen molar-refractivity contribution in [3.8, 4) is 0 Å². The summed E-state index contributed by atoms with van der Waals surface area (Å²) in [4.78, 5) is 17.1. The molecule has 2 N–H and O–H groups in total. The second kappa shape index (κ2) is 8.99. The molecule has 0 atom stereocenters. The predicted molar refractivity (Wildman–Crippen MR) is 115 cm³/mol. The van der Waals surface area contributed by atoms with Crippen LogP contribution in [-0.4, -0.2) is 49.2 Å². The molecular weight excluding hydrogens is 367 g/mol. The van der Waals surface area contributed by atoms with Crippen molar-refractivity contribution in [2.24, 2.45) is 0 Å². The van der Waals surface area contributed by atoms with E-state index in [2.05, 4.69) is 35.6 Å². The molecule has 0 bridgehead atoms. The molecule has 2 aromatic rings. The van der Waals surface area contributed by atoms with Crippen molar-refractivity contribution < 1.29 is 14.1 Å². The highest BCUT2D eigenvalue weighted by Gasteiger charge is 2.28. The number of likely N-dealkylation sites (N-methyl/N-ethyl adjacent to an activating group) is 1. The number of anilines is 1. The number of carbonyl (C=O) groups excluding carboxylic acids is 1. The molecule has 1 fully saturated rings. The largest absolute Gasteiger partial charge is 0.359 e. The van der Waals surface area contributed by atoms with Crippen LogP contribution in [0.15, 0.2) is 24.3 Å². The first-order valence-corrected chi connectivity index (χ1v) is 10.6. The number of benzene rings is 1. The van der Waals surface area contributed by atoms with Gasteiger partial charge in [0.2, 0.25) is 0 Å². The fraction of sp³-hybridized carbons (Fsp3) is 0.522. The molecular formula is C23H34FN4O+. The Balaban J connectivity index is 2.00. The molecule has 1 saturated heterocycles. The molecule has 0 radical (unpaired) electrons. The van der Waals surface area contributed by atoms with Crippen LogP contribution in [-0.2, 0) is 6.54 Å². The van der Waals surface area contributed by atoms with Gasteiger partial charge in [-0.15, -0.1) is 0 Å². The third-order valence-corrected chi connectivity index (χ3v) is 5.90. The summed E-state index contributed by atoms with van der Waals surface area (Å²) in [5.41, 5.74) is 5.00. The molecule has 3 rings (SSSR count). The fourth-order valence-electron chi connectivity index (χ4n) is 4.34. The van der Waals surface area contributed by atoms with E-state index in [0.717, 1.165) is 49.5 Å². The van der Waals surface area contributed by atoms with Crippen molar-refractivity contribution in [3.63, 3.8) is 0 Å². The number of aromatic nitrogens is 1. The molecule has 1 aromatic heterocycles. The summed E-state index contributed by atoms with van der Waals surface area (Å²) < 4.78 is 15.4. The number of piperazine rings is 1. The molecule has 2 heterocycles. The van der Waals surface area contributed by atoms with Crippen molar-refractivity contribution in [1.29, 1.82) is 0 Å². The van der Waals surface area contributed by atoms with Gasteiger partial charge in [0, 0.05) is 23.8 Å². The van der Waals surface area contributed by atoms with Crippen molar-refractivity contribution in [2.75, 3.05) is 37.6 Å². The van der Waals surface area contributed by atoms with E-state index in [-0.39, 0.29) is 17.8 Å². The number of amides is 1. The van der Waals surface area contributed by atoms with Gasteiger partial charge in [-0.25, -0.2) is 4.39 Å². The van der Waals surface area contributed by atoms with Gasteiger partial charge in [0.1, 0.15) is 11.5 Å². The second-order valence-corrected chi connectivity index (χ2v) is 8.34. The predicted octanol–water partition coefficient (Wildman–Crippen LogP) is 2.16. The summed E-state index contributed by atoms with van der Waals surface area (Å²) in [6.07, 6.45) is 0. The maximum atomic E-state index is 13.3. The molecule has 1 aromatic carbocycles. The first-order valence-electron chi connectivity index (χ1n) is 10.6. The minimum Gasteiger partial charge on any atom is -0.359 e. The van der Waals surface area contributed by atoms with Gasteiger partial charge in [-0.05, 0) is 52.3 Å². The lowest BCUT2D eigenvalue weighted by atomic mass is 10.1. The van der Waals surface area contributed by atoms with Crippen LogP contribution < -0.4 is 15.1 Å². The monoisotopic (exact) mass is 401 g/mol. The molecule has 0 saturated carbocycles. The Morgan fingerprint density at radius 3 is 2.34 bits per heavy atom. The van der Waals surface area contributed by atoms with Crippen molar-refractivity contribution in [3.05, 3.63) is 52.6 Å². The van der Waals surface area contributed by atoms with E-state index in [1.807, 2.05) is 13.8 Å². The molecule has 5 nitrogen and oxygen atoms in total. The zero-order valence-electron chi connectivity index (χ0n) is 18.3. The first-order chi connectivity index (χ1) is 13.8. The number of rotatable bonds is 6.